The molecule has 2 aliphatic rings. The van der Waals surface area contributed by atoms with Gasteiger partial charge >= 0.3 is 0 Å². The molecule has 4 nitrogen and oxygen atoms in total. The molecule has 2 aromatic rings. The highest BCUT2D eigenvalue weighted by molar-refractivity contribution is 5.79. The maximum absolute atomic E-state index is 4.63. The highest BCUT2D eigenvalue weighted by Crippen LogP contribution is 2.43. The van der Waals surface area contributed by atoms with Crippen LogP contribution >= 0.6 is 0 Å². The fourth-order valence-corrected chi connectivity index (χ4v) is 2.28. The van der Waals surface area contributed by atoms with Crippen molar-refractivity contribution >= 4 is 6.21 Å². The van der Waals surface area contributed by atoms with E-state index in [1.165, 1.54) is 25.7 Å². The predicted molar refractivity (Wildman–Crippen MR) is 73.4 cm³/mol. The highest BCUT2D eigenvalue weighted by Gasteiger charge is 2.35. The molecule has 0 bridgehead atoms. The van der Waals surface area contributed by atoms with Gasteiger partial charge in [-0.15, -0.1) is 10.2 Å². The normalized spacial score (nSPS) is 19.2. The van der Waals surface area contributed by atoms with E-state index >= 15 is 0 Å². The van der Waals surface area contributed by atoms with Crippen molar-refractivity contribution in [1.29, 1.82) is 0 Å². The van der Waals surface area contributed by atoms with Crippen LogP contribution < -0.4 is 0 Å². The lowest BCUT2D eigenvalue weighted by Crippen LogP contribution is -2.01. The van der Waals surface area contributed by atoms with E-state index < -0.39 is 0 Å². The van der Waals surface area contributed by atoms with Gasteiger partial charge < -0.3 is 0 Å². The van der Waals surface area contributed by atoms with Crippen molar-refractivity contribution in [3.63, 3.8) is 0 Å². The molecule has 0 unspecified atom stereocenters. The number of benzene rings is 1. The van der Waals surface area contributed by atoms with Gasteiger partial charge in [-0.25, -0.2) is 4.68 Å². The molecule has 0 atom stereocenters. The van der Waals surface area contributed by atoms with Gasteiger partial charge in [-0.1, -0.05) is 30.3 Å². The molecule has 0 amide bonds. The molecule has 96 valence electrons. The van der Waals surface area contributed by atoms with Crippen molar-refractivity contribution in [1.82, 2.24) is 14.9 Å². The number of rotatable bonds is 4. The number of nitrogens with zero attached hydrogens (tertiary/aromatic N) is 4. The molecular formula is C15H16N4. The van der Waals surface area contributed by atoms with Gasteiger partial charge in [0.1, 0.15) is 0 Å². The van der Waals surface area contributed by atoms with Crippen LogP contribution in [0.3, 0.4) is 0 Å². The second-order valence-corrected chi connectivity index (χ2v) is 5.43. The summed E-state index contributed by atoms with van der Waals surface area (Å²) < 4.78 is 1.99. The average Bonchev–Trinajstić information content (AvgIpc) is 3.36. The topological polar surface area (TPSA) is 43.1 Å². The Balaban J connectivity index is 1.68. The smallest absolute Gasteiger partial charge is 0.157 e. The Morgan fingerprint density at radius 2 is 1.53 bits per heavy atom. The summed E-state index contributed by atoms with van der Waals surface area (Å²) in [5, 5.41) is 13.3. The average molecular weight is 252 g/mol. The van der Waals surface area contributed by atoms with E-state index in [0.29, 0.717) is 11.8 Å². The highest BCUT2D eigenvalue weighted by atomic mass is 15.5. The second-order valence-electron chi connectivity index (χ2n) is 5.43. The van der Waals surface area contributed by atoms with Gasteiger partial charge in [0, 0.05) is 11.8 Å². The van der Waals surface area contributed by atoms with E-state index in [9.17, 15) is 0 Å². The van der Waals surface area contributed by atoms with Gasteiger partial charge in [0.15, 0.2) is 11.6 Å². The molecule has 4 rings (SSSR count). The monoisotopic (exact) mass is 252 g/mol. The summed E-state index contributed by atoms with van der Waals surface area (Å²) in [6, 6.07) is 10.2. The first-order chi connectivity index (χ1) is 9.42. The minimum absolute atomic E-state index is 0.577. The van der Waals surface area contributed by atoms with Crippen LogP contribution in [0.1, 0.15) is 54.7 Å². The maximum atomic E-state index is 4.63. The summed E-state index contributed by atoms with van der Waals surface area (Å²) in [6.45, 7) is 0. The van der Waals surface area contributed by atoms with E-state index in [2.05, 4.69) is 27.4 Å². The van der Waals surface area contributed by atoms with Crippen molar-refractivity contribution < 1.29 is 0 Å². The summed E-state index contributed by atoms with van der Waals surface area (Å²) in [5.41, 5.74) is 1.11. The van der Waals surface area contributed by atoms with Crippen molar-refractivity contribution in [3.05, 3.63) is 47.5 Å². The number of aromatic nitrogens is 3. The number of hydrogen-bond donors (Lipinski definition) is 0. The fraction of sp³-hybridized carbons (Fsp3) is 0.400. The minimum Gasteiger partial charge on any atom is -0.201 e. The van der Waals surface area contributed by atoms with Crippen LogP contribution in [0.15, 0.2) is 35.4 Å². The zero-order valence-electron chi connectivity index (χ0n) is 10.7. The van der Waals surface area contributed by atoms with Crippen LogP contribution in [0.5, 0.6) is 0 Å². The first-order valence-corrected chi connectivity index (χ1v) is 6.96. The molecule has 0 N–H and O–H groups in total. The van der Waals surface area contributed by atoms with E-state index in [4.69, 9.17) is 0 Å². The van der Waals surface area contributed by atoms with Crippen LogP contribution in [-0.4, -0.2) is 21.1 Å². The van der Waals surface area contributed by atoms with Gasteiger partial charge in [-0.2, -0.15) is 5.10 Å². The third kappa shape index (κ3) is 2.18. The predicted octanol–water partition coefficient (Wildman–Crippen LogP) is 2.92. The van der Waals surface area contributed by atoms with Crippen LogP contribution in [-0.2, 0) is 0 Å². The lowest BCUT2D eigenvalue weighted by Gasteiger charge is -2.02. The summed E-state index contributed by atoms with van der Waals surface area (Å²) in [6.07, 6.45) is 6.81. The van der Waals surface area contributed by atoms with Crippen LogP contribution in [0, 0.1) is 0 Å². The molecular weight excluding hydrogens is 236 g/mol. The Hall–Kier alpha value is -1.97. The quantitative estimate of drug-likeness (QED) is 0.785. The third-order valence-electron chi connectivity index (χ3n) is 3.70. The molecule has 2 saturated carbocycles. The summed E-state index contributed by atoms with van der Waals surface area (Å²) in [7, 11) is 0. The third-order valence-corrected chi connectivity index (χ3v) is 3.70. The zero-order chi connectivity index (χ0) is 12.7. The molecule has 2 fully saturated rings. The molecule has 0 radical (unpaired) electrons. The van der Waals surface area contributed by atoms with Gasteiger partial charge in [0.05, 0.1) is 6.21 Å². The minimum atomic E-state index is 0.577. The number of hydrogen-bond acceptors (Lipinski definition) is 3. The Morgan fingerprint density at radius 3 is 2.05 bits per heavy atom. The molecule has 1 aromatic carbocycles. The van der Waals surface area contributed by atoms with Crippen LogP contribution in [0.2, 0.25) is 0 Å². The molecule has 4 heteroatoms. The first kappa shape index (κ1) is 10.9. The molecule has 0 spiro atoms. The van der Waals surface area contributed by atoms with Crippen molar-refractivity contribution in [2.24, 2.45) is 5.10 Å². The van der Waals surface area contributed by atoms with E-state index in [1.807, 2.05) is 29.1 Å². The van der Waals surface area contributed by atoms with Crippen molar-refractivity contribution in [3.8, 4) is 0 Å². The molecule has 19 heavy (non-hydrogen) atoms. The fourth-order valence-electron chi connectivity index (χ4n) is 2.28. The van der Waals surface area contributed by atoms with Gasteiger partial charge in [-0.3, -0.25) is 0 Å². The van der Waals surface area contributed by atoms with Crippen molar-refractivity contribution in [2.75, 3.05) is 0 Å². The summed E-state index contributed by atoms with van der Waals surface area (Å²) >= 11 is 0. The van der Waals surface area contributed by atoms with Gasteiger partial charge in [0.25, 0.3) is 0 Å². The van der Waals surface area contributed by atoms with Crippen LogP contribution in [0.25, 0.3) is 0 Å². The molecule has 1 heterocycles. The first-order valence-electron chi connectivity index (χ1n) is 6.96. The molecule has 1 aromatic heterocycles. The van der Waals surface area contributed by atoms with Crippen LogP contribution in [0.4, 0.5) is 0 Å². The Morgan fingerprint density at radius 1 is 0.947 bits per heavy atom. The molecule has 0 aliphatic heterocycles. The standard InChI is InChI=1S/C15H16N4/c1-2-4-11(5-3-1)10-16-19-14(12-6-7-12)17-18-15(19)13-8-9-13/h1-5,10,12-13H,6-9H2/b16-10+. The summed E-state index contributed by atoms with van der Waals surface area (Å²) in [4.78, 5) is 0. The largest absolute Gasteiger partial charge is 0.201 e. The Bertz CT molecular complexity index is 577. The Labute approximate surface area is 112 Å². The molecule has 2 aliphatic carbocycles. The summed E-state index contributed by atoms with van der Waals surface area (Å²) in [5.74, 6) is 3.25. The van der Waals surface area contributed by atoms with E-state index in [0.717, 1.165) is 17.2 Å². The lowest BCUT2D eigenvalue weighted by atomic mass is 10.2. The molecule has 0 saturated heterocycles. The van der Waals surface area contributed by atoms with E-state index in [-0.39, 0.29) is 0 Å². The maximum Gasteiger partial charge on any atom is 0.157 e. The zero-order valence-corrected chi connectivity index (χ0v) is 10.7. The van der Waals surface area contributed by atoms with Gasteiger partial charge in [0.2, 0.25) is 0 Å². The van der Waals surface area contributed by atoms with E-state index in [1.54, 1.807) is 0 Å². The Kier molecular flexibility index (Phi) is 2.47. The second kappa shape index (κ2) is 4.30. The van der Waals surface area contributed by atoms with Crippen molar-refractivity contribution in [2.45, 2.75) is 37.5 Å². The SMILES string of the molecule is C(=N\n1c(C2CC2)nnc1C1CC1)/c1ccccc1. The van der Waals surface area contributed by atoms with Gasteiger partial charge in [-0.05, 0) is 31.2 Å². The lowest BCUT2D eigenvalue weighted by molar-refractivity contribution is 0.732.